The van der Waals surface area contributed by atoms with Gasteiger partial charge in [0.05, 0.1) is 4.92 Å². The highest BCUT2D eigenvalue weighted by atomic mass is 16.6. The van der Waals surface area contributed by atoms with Crippen LogP contribution in [0.15, 0.2) is 54.6 Å². The van der Waals surface area contributed by atoms with E-state index in [9.17, 15) is 10.1 Å². The minimum atomic E-state index is -0.401. The molecule has 5 heteroatoms. The Hall–Kier alpha value is -2.24. The third-order valence-electron chi connectivity index (χ3n) is 3.69. The van der Waals surface area contributed by atoms with E-state index in [-0.39, 0.29) is 24.1 Å². The van der Waals surface area contributed by atoms with Crippen molar-refractivity contribution in [1.29, 1.82) is 0 Å². The van der Waals surface area contributed by atoms with E-state index in [2.05, 4.69) is 12.2 Å². The number of nitro benzene ring substituents is 1. The summed E-state index contributed by atoms with van der Waals surface area (Å²) in [6.07, 6.45) is -0.266. The fraction of sp³-hybridized carbons (Fsp3) is 0.250. The highest BCUT2D eigenvalue weighted by molar-refractivity contribution is 5.34. The van der Waals surface area contributed by atoms with Gasteiger partial charge in [0.2, 0.25) is 0 Å². The van der Waals surface area contributed by atoms with Gasteiger partial charge in [-0.2, -0.15) is 0 Å². The van der Waals surface area contributed by atoms with Crippen LogP contribution in [0.3, 0.4) is 0 Å². The fourth-order valence-corrected chi connectivity index (χ4v) is 2.59. The third-order valence-corrected chi connectivity index (χ3v) is 3.69. The van der Waals surface area contributed by atoms with Crippen molar-refractivity contribution < 1.29 is 9.66 Å². The molecule has 1 fully saturated rings. The van der Waals surface area contributed by atoms with E-state index in [1.807, 2.05) is 30.3 Å². The summed E-state index contributed by atoms with van der Waals surface area (Å²) in [7, 11) is 0. The van der Waals surface area contributed by atoms with Gasteiger partial charge in [-0.05, 0) is 30.2 Å². The number of hydrogen-bond donors (Lipinski definition) is 1. The average molecular weight is 284 g/mol. The molecule has 2 aromatic carbocycles. The van der Waals surface area contributed by atoms with Crippen LogP contribution in [0.4, 0.5) is 5.69 Å². The summed E-state index contributed by atoms with van der Waals surface area (Å²) in [4.78, 5) is 10.3. The second-order valence-corrected chi connectivity index (χ2v) is 5.15. The van der Waals surface area contributed by atoms with Gasteiger partial charge >= 0.3 is 0 Å². The number of ether oxygens (including phenoxy) is 1. The summed E-state index contributed by atoms with van der Waals surface area (Å²) < 4.78 is 6.07. The molecule has 0 spiro atoms. The van der Waals surface area contributed by atoms with Gasteiger partial charge in [-0.3, -0.25) is 15.4 Å². The van der Waals surface area contributed by atoms with Crippen molar-refractivity contribution >= 4 is 5.69 Å². The predicted molar refractivity (Wildman–Crippen MR) is 78.7 cm³/mol. The number of benzene rings is 2. The van der Waals surface area contributed by atoms with Gasteiger partial charge in [-0.15, -0.1) is 0 Å². The van der Waals surface area contributed by atoms with Crippen molar-refractivity contribution in [3.05, 3.63) is 75.8 Å². The van der Waals surface area contributed by atoms with Crippen molar-refractivity contribution in [3.8, 4) is 0 Å². The van der Waals surface area contributed by atoms with E-state index in [0.717, 1.165) is 11.1 Å². The molecular weight excluding hydrogens is 268 g/mol. The molecule has 108 valence electrons. The van der Waals surface area contributed by atoms with Gasteiger partial charge < -0.3 is 4.74 Å². The highest BCUT2D eigenvalue weighted by Gasteiger charge is 2.33. The van der Waals surface area contributed by atoms with E-state index >= 15 is 0 Å². The first kappa shape index (κ1) is 13.7. The highest BCUT2D eigenvalue weighted by Crippen LogP contribution is 2.35. The molecule has 1 aliphatic heterocycles. The van der Waals surface area contributed by atoms with E-state index < -0.39 is 4.92 Å². The van der Waals surface area contributed by atoms with Gasteiger partial charge in [0.1, 0.15) is 12.3 Å². The number of nitrogens with one attached hydrogen (secondary N) is 1. The van der Waals surface area contributed by atoms with Crippen molar-refractivity contribution in [2.45, 2.75) is 25.3 Å². The molecule has 3 unspecified atom stereocenters. The predicted octanol–water partition coefficient (Wildman–Crippen LogP) is 3.34. The minimum Gasteiger partial charge on any atom is -0.350 e. The Bertz CT molecular complexity index is 628. The molecule has 0 aliphatic carbocycles. The quantitative estimate of drug-likeness (QED) is 0.693. The maximum atomic E-state index is 10.7. The molecule has 0 saturated carbocycles. The number of nitrogens with zero attached hydrogens (tertiary/aromatic N) is 1. The average Bonchev–Trinajstić information content (AvgIpc) is 2.90. The molecule has 21 heavy (non-hydrogen) atoms. The number of nitro groups is 1. The van der Waals surface area contributed by atoms with Crippen LogP contribution in [0.1, 0.15) is 30.4 Å². The summed E-state index contributed by atoms with van der Waals surface area (Å²) >= 11 is 0. The van der Waals surface area contributed by atoms with E-state index in [0.29, 0.717) is 0 Å². The van der Waals surface area contributed by atoms with E-state index in [4.69, 9.17) is 4.74 Å². The van der Waals surface area contributed by atoms with Crippen LogP contribution in [-0.2, 0) is 4.74 Å². The lowest BCUT2D eigenvalue weighted by Crippen LogP contribution is -2.23. The molecule has 0 aromatic heterocycles. The molecule has 5 nitrogen and oxygen atoms in total. The third kappa shape index (κ3) is 2.79. The number of rotatable bonds is 3. The lowest BCUT2D eigenvalue weighted by molar-refractivity contribution is -0.384. The van der Waals surface area contributed by atoms with E-state index in [1.165, 1.54) is 12.1 Å². The van der Waals surface area contributed by atoms with Crippen LogP contribution in [0, 0.1) is 10.1 Å². The molecule has 0 radical (unpaired) electrons. The van der Waals surface area contributed by atoms with Gasteiger partial charge in [0.25, 0.3) is 5.69 Å². The van der Waals surface area contributed by atoms with Crippen LogP contribution in [0.5, 0.6) is 0 Å². The zero-order valence-corrected chi connectivity index (χ0v) is 11.6. The number of non-ortho nitro benzene ring substituents is 1. The zero-order valence-electron chi connectivity index (χ0n) is 11.6. The monoisotopic (exact) mass is 284 g/mol. The largest absolute Gasteiger partial charge is 0.350 e. The van der Waals surface area contributed by atoms with Crippen LogP contribution in [-0.4, -0.2) is 11.0 Å². The van der Waals surface area contributed by atoms with Crippen LogP contribution < -0.4 is 5.32 Å². The molecule has 0 amide bonds. The van der Waals surface area contributed by atoms with Crippen LogP contribution in [0.25, 0.3) is 0 Å². The molecule has 3 rings (SSSR count). The van der Waals surface area contributed by atoms with Gasteiger partial charge in [-0.1, -0.05) is 30.3 Å². The molecule has 1 N–H and O–H groups in total. The fourth-order valence-electron chi connectivity index (χ4n) is 2.59. The molecule has 1 saturated heterocycles. The minimum absolute atomic E-state index is 0.0219. The smallest absolute Gasteiger partial charge is 0.269 e. The molecule has 0 bridgehead atoms. The lowest BCUT2D eigenvalue weighted by atomic mass is 10.0. The Kier molecular flexibility index (Phi) is 3.68. The summed E-state index contributed by atoms with van der Waals surface area (Å²) in [5, 5.41) is 14.1. The Morgan fingerprint density at radius 1 is 1.05 bits per heavy atom. The van der Waals surface area contributed by atoms with Gasteiger partial charge in [0, 0.05) is 18.2 Å². The maximum absolute atomic E-state index is 10.7. The van der Waals surface area contributed by atoms with Crippen molar-refractivity contribution in [2.75, 3.05) is 0 Å². The first-order valence-electron chi connectivity index (χ1n) is 6.86. The molecule has 3 atom stereocenters. The first-order valence-corrected chi connectivity index (χ1v) is 6.86. The summed E-state index contributed by atoms with van der Waals surface area (Å²) in [6, 6.07) is 16.7. The summed E-state index contributed by atoms with van der Waals surface area (Å²) in [5.74, 6) is 0. The number of hydrogen-bond acceptors (Lipinski definition) is 4. The lowest BCUT2D eigenvalue weighted by Gasteiger charge is -2.14. The Labute approximate surface area is 122 Å². The van der Waals surface area contributed by atoms with Crippen LogP contribution in [0.2, 0.25) is 0 Å². The SMILES string of the molecule is CC1NC(c2ccc([N+](=O)[O-])cc2)OC1c1ccccc1. The normalized spacial score (nSPS) is 24.9. The van der Waals surface area contributed by atoms with Gasteiger partial charge in [0.15, 0.2) is 0 Å². The van der Waals surface area contributed by atoms with Crippen LogP contribution >= 0.6 is 0 Å². The van der Waals surface area contributed by atoms with Crippen molar-refractivity contribution in [3.63, 3.8) is 0 Å². The molecular formula is C16H16N2O3. The zero-order chi connectivity index (χ0) is 14.8. The van der Waals surface area contributed by atoms with Gasteiger partial charge in [-0.25, -0.2) is 0 Å². The van der Waals surface area contributed by atoms with Crippen molar-refractivity contribution in [2.24, 2.45) is 0 Å². The second-order valence-electron chi connectivity index (χ2n) is 5.15. The topological polar surface area (TPSA) is 64.4 Å². The maximum Gasteiger partial charge on any atom is 0.269 e. The van der Waals surface area contributed by atoms with E-state index in [1.54, 1.807) is 12.1 Å². The summed E-state index contributed by atoms with van der Waals surface area (Å²) in [6.45, 7) is 2.07. The van der Waals surface area contributed by atoms with Crippen molar-refractivity contribution in [1.82, 2.24) is 5.32 Å². The Morgan fingerprint density at radius 2 is 1.71 bits per heavy atom. The molecule has 2 aromatic rings. The Balaban J connectivity index is 1.78. The Morgan fingerprint density at radius 3 is 2.33 bits per heavy atom. The molecule has 1 aliphatic rings. The summed E-state index contributed by atoms with van der Waals surface area (Å²) in [5.41, 5.74) is 2.11. The second kappa shape index (κ2) is 5.63. The molecule has 1 heterocycles. The standard InChI is InChI=1S/C16H16N2O3/c1-11-15(12-5-3-2-4-6-12)21-16(17-11)13-7-9-14(10-8-13)18(19)20/h2-11,15-17H,1H3. The first-order chi connectivity index (χ1) is 10.1.